The van der Waals surface area contributed by atoms with Crippen molar-refractivity contribution < 1.29 is 4.42 Å². The first-order chi connectivity index (χ1) is 25.7. The van der Waals surface area contributed by atoms with Gasteiger partial charge in [0.05, 0.1) is 28.4 Å². The van der Waals surface area contributed by atoms with Gasteiger partial charge in [-0.25, -0.2) is 15.0 Å². The maximum Gasteiger partial charge on any atom is 0.164 e. The van der Waals surface area contributed by atoms with E-state index in [0.29, 0.717) is 23.0 Å². The van der Waals surface area contributed by atoms with Gasteiger partial charge in [0.25, 0.3) is 0 Å². The summed E-state index contributed by atoms with van der Waals surface area (Å²) >= 11 is 0. The number of para-hydroxylation sites is 2. The molecule has 10 rings (SSSR count). The Balaban J connectivity index is 1.26. The number of fused-ring (bicyclic) bond motifs is 6. The molecule has 6 nitrogen and oxygen atoms in total. The number of furan rings is 1. The number of hydrogen-bond donors (Lipinski definition) is 0. The molecule has 6 heteroatoms. The third kappa shape index (κ3) is 4.84. The molecule has 242 valence electrons. The van der Waals surface area contributed by atoms with Crippen LogP contribution in [0.3, 0.4) is 0 Å². The summed E-state index contributed by atoms with van der Waals surface area (Å²) in [5.74, 6) is 1.76. The van der Waals surface area contributed by atoms with Crippen molar-refractivity contribution in [2.75, 3.05) is 0 Å². The maximum atomic E-state index is 9.93. The lowest BCUT2D eigenvalue weighted by molar-refractivity contribution is 0.669. The van der Waals surface area contributed by atoms with Crippen LogP contribution in [0.4, 0.5) is 0 Å². The van der Waals surface area contributed by atoms with Crippen molar-refractivity contribution in [3.8, 4) is 57.0 Å². The zero-order valence-corrected chi connectivity index (χ0v) is 27.7. The summed E-state index contributed by atoms with van der Waals surface area (Å²) in [5.41, 5.74) is 9.90. The van der Waals surface area contributed by atoms with E-state index in [0.717, 1.165) is 77.2 Å². The smallest absolute Gasteiger partial charge is 0.164 e. The molecule has 0 amide bonds. The molecular formula is C46H27N5O. The van der Waals surface area contributed by atoms with Crippen LogP contribution in [0, 0.1) is 11.3 Å². The van der Waals surface area contributed by atoms with Crippen molar-refractivity contribution in [1.82, 2.24) is 19.5 Å². The lowest BCUT2D eigenvalue weighted by atomic mass is 9.98. The molecule has 0 fully saturated rings. The molecule has 3 aromatic heterocycles. The van der Waals surface area contributed by atoms with Crippen LogP contribution in [-0.2, 0) is 0 Å². The normalized spacial score (nSPS) is 11.4. The molecule has 0 unspecified atom stereocenters. The van der Waals surface area contributed by atoms with Gasteiger partial charge in [0, 0.05) is 43.8 Å². The molecule has 0 spiro atoms. The van der Waals surface area contributed by atoms with Crippen LogP contribution in [0.2, 0.25) is 0 Å². The van der Waals surface area contributed by atoms with E-state index in [1.54, 1.807) is 0 Å². The fourth-order valence-corrected chi connectivity index (χ4v) is 7.24. The third-order valence-electron chi connectivity index (χ3n) is 9.67. The fourth-order valence-electron chi connectivity index (χ4n) is 7.24. The third-order valence-corrected chi connectivity index (χ3v) is 9.67. The number of nitriles is 1. The summed E-state index contributed by atoms with van der Waals surface area (Å²) in [6, 6.07) is 57.4. The van der Waals surface area contributed by atoms with Crippen molar-refractivity contribution in [1.29, 1.82) is 5.26 Å². The Morgan fingerprint density at radius 2 is 1.08 bits per heavy atom. The Bertz CT molecular complexity index is 2970. The van der Waals surface area contributed by atoms with Crippen LogP contribution in [0.5, 0.6) is 0 Å². The lowest BCUT2D eigenvalue weighted by Gasteiger charge is -2.16. The summed E-state index contributed by atoms with van der Waals surface area (Å²) in [7, 11) is 0. The van der Waals surface area contributed by atoms with Gasteiger partial charge in [-0.2, -0.15) is 5.26 Å². The molecule has 0 saturated heterocycles. The van der Waals surface area contributed by atoms with Gasteiger partial charge < -0.3 is 8.98 Å². The summed E-state index contributed by atoms with van der Waals surface area (Å²) < 4.78 is 8.65. The first-order valence-electron chi connectivity index (χ1n) is 17.1. The summed E-state index contributed by atoms with van der Waals surface area (Å²) in [5, 5.41) is 14.3. The highest BCUT2D eigenvalue weighted by Crippen LogP contribution is 2.41. The van der Waals surface area contributed by atoms with Gasteiger partial charge in [-0.3, -0.25) is 0 Å². The Kier molecular flexibility index (Phi) is 6.76. The molecule has 7 aromatic carbocycles. The number of nitrogens with zero attached hydrogens (tertiary/aromatic N) is 5. The van der Waals surface area contributed by atoms with Gasteiger partial charge in [-0.15, -0.1) is 0 Å². The van der Waals surface area contributed by atoms with Gasteiger partial charge in [0.15, 0.2) is 17.5 Å². The van der Waals surface area contributed by atoms with Gasteiger partial charge in [0.1, 0.15) is 11.2 Å². The first-order valence-corrected chi connectivity index (χ1v) is 17.1. The van der Waals surface area contributed by atoms with Gasteiger partial charge in [-0.1, -0.05) is 109 Å². The topological polar surface area (TPSA) is 80.5 Å². The molecule has 0 radical (unpaired) electrons. The van der Waals surface area contributed by atoms with Gasteiger partial charge >= 0.3 is 0 Å². The SMILES string of the molecule is N#Cc1cccc(-c2cc(-c3nc(-c4ccccc4)nc(-c4ccccc4)n3)ccc2-n2c3ccccc3c3cc4oc5ccccc5c4cc32)c1. The second kappa shape index (κ2) is 11.9. The number of aromatic nitrogens is 4. The minimum absolute atomic E-state index is 0.561. The minimum atomic E-state index is 0.561. The fraction of sp³-hybridized carbons (Fsp3) is 0. The minimum Gasteiger partial charge on any atom is -0.456 e. The van der Waals surface area contributed by atoms with E-state index in [-0.39, 0.29) is 0 Å². The van der Waals surface area contributed by atoms with Crippen molar-refractivity contribution in [2.45, 2.75) is 0 Å². The number of benzene rings is 7. The van der Waals surface area contributed by atoms with Crippen molar-refractivity contribution in [2.24, 2.45) is 0 Å². The molecule has 10 aromatic rings. The predicted molar refractivity (Wildman–Crippen MR) is 208 cm³/mol. The standard InChI is InChI=1S/C46H27N5O/c47-28-29-12-11-17-32(24-29)36-25-33(46-49-44(30-13-3-1-4-14-30)48-45(50-46)31-15-5-2-6-16-31)22-23-40(36)51-39-20-9-7-18-34(39)37-27-43-38(26-41(37)51)35-19-8-10-21-42(35)52-43/h1-27H. The van der Waals surface area contributed by atoms with E-state index in [4.69, 9.17) is 19.4 Å². The van der Waals surface area contributed by atoms with E-state index >= 15 is 0 Å². The van der Waals surface area contributed by atoms with Crippen LogP contribution in [-0.4, -0.2) is 19.5 Å². The largest absolute Gasteiger partial charge is 0.456 e. The van der Waals surface area contributed by atoms with Crippen molar-refractivity contribution in [3.63, 3.8) is 0 Å². The highest BCUT2D eigenvalue weighted by atomic mass is 16.3. The second-order valence-corrected chi connectivity index (χ2v) is 12.8. The van der Waals surface area contributed by atoms with E-state index < -0.39 is 0 Å². The van der Waals surface area contributed by atoms with Crippen LogP contribution in [0.25, 0.3) is 94.7 Å². The number of hydrogen-bond acceptors (Lipinski definition) is 5. The quantitative estimate of drug-likeness (QED) is 0.183. The maximum absolute atomic E-state index is 9.93. The zero-order chi connectivity index (χ0) is 34.6. The van der Waals surface area contributed by atoms with E-state index in [1.807, 2.05) is 97.1 Å². The molecule has 0 atom stereocenters. The highest BCUT2D eigenvalue weighted by molar-refractivity contribution is 6.17. The average Bonchev–Trinajstić information content (AvgIpc) is 3.75. The molecule has 52 heavy (non-hydrogen) atoms. The molecule has 0 saturated carbocycles. The molecule has 3 heterocycles. The number of rotatable bonds is 5. The Morgan fingerprint density at radius 3 is 1.81 bits per heavy atom. The molecule has 0 aliphatic heterocycles. The van der Waals surface area contributed by atoms with Crippen LogP contribution >= 0.6 is 0 Å². The zero-order valence-electron chi connectivity index (χ0n) is 27.7. The molecule has 0 N–H and O–H groups in total. The summed E-state index contributed by atoms with van der Waals surface area (Å²) in [6.45, 7) is 0. The van der Waals surface area contributed by atoms with Gasteiger partial charge in [-0.05, 0) is 60.2 Å². The Hall–Kier alpha value is -7.36. The van der Waals surface area contributed by atoms with Gasteiger partial charge in [0.2, 0.25) is 0 Å². The van der Waals surface area contributed by atoms with E-state index in [1.165, 1.54) is 0 Å². The van der Waals surface area contributed by atoms with Crippen LogP contribution < -0.4 is 0 Å². The predicted octanol–water partition coefficient (Wildman–Crippen LogP) is 11.4. The molecular weight excluding hydrogens is 639 g/mol. The van der Waals surface area contributed by atoms with E-state index in [2.05, 4.69) is 77.4 Å². The average molecular weight is 666 g/mol. The van der Waals surface area contributed by atoms with Crippen LogP contribution in [0.15, 0.2) is 168 Å². The Morgan fingerprint density at radius 1 is 0.442 bits per heavy atom. The first kappa shape index (κ1) is 29.5. The molecule has 0 aliphatic carbocycles. The van der Waals surface area contributed by atoms with E-state index in [9.17, 15) is 5.26 Å². The molecule has 0 bridgehead atoms. The monoisotopic (exact) mass is 665 g/mol. The summed E-state index contributed by atoms with van der Waals surface area (Å²) in [4.78, 5) is 15.0. The van der Waals surface area contributed by atoms with Crippen molar-refractivity contribution in [3.05, 3.63) is 169 Å². The van der Waals surface area contributed by atoms with Crippen LogP contribution in [0.1, 0.15) is 5.56 Å². The second-order valence-electron chi connectivity index (χ2n) is 12.8. The van der Waals surface area contributed by atoms with Crippen molar-refractivity contribution >= 4 is 43.7 Å². The molecule has 0 aliphatic rings. The highest BCUT2D eigenvalue weighted by Gasteiger charge is 2.20. The summed E-state index contributed by atoms with van der Waals surface area (Å²) in [6.07, 6.45) is 0. The lowest BCUT2D eigenvalue weighted by Crippen LogP contribution is -2.02. The Labute approximate surface area is 298 Å².